The van der Waals surface area contributed by atoms with Crippen molar-refractivity contribution in [2.45, 2.75) is 50.6 Å². The van der Waals surface area contributed by atoms with E-state index >= 15 is 0 Å². The van der Waals surface area contributed by atoms with E-state index in [0.29, 0.717) is 10.2 Å². The maximum atomic E-state index is 12.2. The molecule has 2 rings (SSSR count). The Hall–Kier alpha value is -1.53. The van der Waals surface area contributed by atoms with Crippen LogP contribution in [0.2, 0.25) is 5.02 Å². The molecule has 2 aromatic rings. The molecule has 0 aliphatic carbocycles. The van der Waals surface area contributed by atoms with Crippen molar-refractivity contribution in [1.82, 2.24) is 20.1 Å². The molecular formula is C16H21ClN4OS. The summed E-state index contributed by atoms with van der Waals surface area (Å²) in [6.45, 7) is 9.68. The Kier molecular flexibility index (Phi) is 5.37. The number of thioether (sulfide) groups is 1. The quantitative estimate of drug-likeness (QED) is 0.854. The van der Waals surface area contributed by atoms with E-state index < -0.39 is 0 Å². The van der Waals surface area contributed by atoms with E-state index in [1.807, 2.05) is 57.4 Å². The molecule has 0 aliphatic rings. The topological polar surface area (TPSA) is 59.8 Å². The maximum Gasteiger partial charge on any atom is 0.233 e. The zero-order chi connectivity index (χ0) is 17.2. The lowest BCUT2D eigenvalue weighted by atomic mass is 10.1. The summed E-state index contributed by atoms with van der Waals surface area (Å²) in [5, 5.41) is 12.1. The van der Waals surface area contributed by atoms with Crippen LogP contribution >= 0.6 is 23.4 Å². The van der Waals surface area contributed by atoms with Gasteiger partial charge in [-0.15, -0.1) is 10.2 Å². The summed E-state index contributed by atoms with van der Waals surface area (Å²) < 4.78 is 1.83. The third-order valence-corrected chi connectivity index (χ3v) is 4.56. The molecule has 0 saturated heterocycles. The molecule has 7 heteroatoms. The minimum Gasteiger partial charge on any atom is -0.351 e. The van der Waals surface area contributed by atoms with Crippen molar-refractivity contribution >= 4 is 29.3 Å². The van der Waals surface area contributed by atoms with Crippen molar-refractivity contribution in [3.05, 3.63) is 35.1 Å². The number of hydrogen-bond acceptors (Lipinski definition) is 4. The van der Waals surface area contributed by atoms with Gasteiger partial charge in [0.2, 0.25) is 5.91 Å². The normalized spacial score (nSPS) is 13.0. The molecule has 0 fully saturated rings. The van der Waals surface area contributed by atoms with E-state index in [1.165, 1.54) is 11.8 Å². The fourth-order valence-corrected chi connectivity index (χ4v) is 2.91. The van der Waals surface area contributed by atoms with E-state index in [-0.39, 0.29) is 16.7 Å². The van der Waals surface area contributed by atoms with Gasteiger partial charge in [-0.1, -0.05) is 29.4 Å². The van der Waals surface area contributed by atoms with Crippen LogP contribution < -0.4 is 5.32 Å². The Balaban J connectivity index is 2.18. The summed E-state index contributed by atoms with van der Waals surface area (Å²) >= 11 is 7.55. The Morgan fingerprint density at radius 3 is 2.70 bits per heavy atom. The van der Waals surface area contributed by atoms with E-state index in [4.69, 9.17) is 11.6 Å². The Bertz CT molecular complexity index is 708. The second kappa shape index (κ2) is 6.93. The number of hydrogen-bond donors (Lipinski definition) is 1. The standard InChI is InChI=1S/C16H21ClN4OS/c1-10-6-7-12(8-13(10)17)21-9-18-20-15(21)23-11(2)14(22)19-16(3,4)5/h6-9,11H,1-5H3,(H,19,22). The van der Waals surface area contributed by atoms with Crippen LogP contribution in [0, 0.1) is 6.92 Å². The first kappa shape index (κ1) is 17.8. The summed E-state index contributed by atoms with van der Waals surface area (Å²) in [6, 6.07) is 5.76. The van der Waals surface area contributed by atoms with Crippen molar-refractivity contribution in [3.63, 3.8) is 0 Å². The van der Waals surface area contributed by atoms with Gasteiger partial charge in [0.25, 0.3) is 0 Å². The van der Waals surface area contributed by atoms with Crippen LogP contribution in [0.5, 0.6) is 0 Å². The van der Waals surface area contributed by atoms with Crippen molar-refractivity contribution in [2.24, 2.45) is 0 Å². The number of nitrogens with one attached hydrogen (secondary N) is 1. The minimum absolute atomic E-state index is 0.0287. The lowest BCUT2D eigenvalue weighted by Crippen LogP contribution is -2.44. The van der Waals surface area contributed by atoms with Crippen LogP contribution in [0.1, 0.15) is 33.3 Å². The van der Waals surface area contributed by atoms with Crippen molar-refractivity contribution < 1.29 is 4.79 Å². The number of aryl methyl sites for hydroxylation is 1. The summed E-state index contributed by atoms with van der Waals surface area (Å²) in [4.78, 5) is 12.2. The number of benzene rings is 1. The van der Waals surface area contributed by atoms with Crippen LogP contribution in [-0.4, -0.2) is 31.5 Å². The van der Waals surface area contributed by atoms with Gasteiger partial charge in [-0.3, -0.25) is 9.36 Å². The average molecular weight is 353 g/mol. The van der Waals surface area contributed by atoms with Gasteiger partial charge in [0, 0.05) is 10.6 Å². The molecule has 0 radical (unpaired) electrons. The van der Waals surface area contributed by atoms with Gasteiger partial charge in [0.15, 0.2) is 5.16 Å². The molecule has 5 nitrogen and oxygen atoms in total. The third kappa shape index (κ3) is 4.72. The van der Waals surface area contributed by atoms with Crippen molar-refractivity contribution in [2.75, 3.05) is 0 Å². The Morgan fingerprint density at radius 1 is 1.39 bits per heavy atom. The van der Waals surface area contributed by atoms with E-state index in [9.17, 15) is 4.79 Å². The maximum absolute atomic E-state index is 12.2. The lowest BCUT2D eigenvalue weighted by Gasteiger charge is -2.22. The number of aromatic nitrogens is 3. The summed E-state index contributed by atoms with van der Waals surface area (Å²) in [5.41, 5.74) is 1.62. The molecule has 1 aromatic carbocycles. The molecule has 0 spiro atoms. The van der Waals surface area contributed by atoms with Gasteiger partial charge >= 0.3 is 0 Å². The summed E-state index contributed by atoms with van der Waals surface area (Å²) in [6.07, 6.45) is 1.62. The van der Waals surface area contributed by atoms with Gasteiger partial charge in [0.1, 0.15) is 6.33 Å². The highest BCUT2D eigenvalue weighted by molar-refractivity contribution is 8.00. The van der Waals surface area contributed by atoms with E-state index in [1.54, 1.807) is 6.33 Å². The largest absolute Gasteiger partial charge is 0.351 e. The smallest absolute Gasteiger partial charge is 0.233 e. The SMILES string of the molecule is Cc1ccc(-n2cnnc2SC(C)C(=O)NC(C)(C)C)cc1Cl. The highest BCUT2D eigenvalue weighted by Gasteiger charge is 2.22. The first-order valence-electron chi connectivity index (χ1n) is 7.32. The van der Waals surface area contributed by atoms with Crippen LogP contribution in [0.15, 0.2) is 29.7 Å². The van der Waals surface area contributed by atoms with E-state index in [0.717, 1.165) is 11.3 Å². The number of nitrogens with zero attached hydrogens (tertiary/aromatic N) is 3. The second-order valence-corrected chi connectivity index (χ2v) is 8.13. The first-order valence-corrected chi connectivity index (χ1v) is 8.58. The van der Waals surface area contributed by atoms with Gasteiger partial charge in [-0.2, -0.15) is 0 Å². The molecule has 0 saturated carbocycles. The zero-order valence-corrected chi connectivity index (χ0v) is 15.5. The molecular weight excluding hydrogens is 332 g/mol. The Labute approximate surface area is 145 Å². The highest BCUT2D eigenvalue weighted by Crippen LogP contribution is 2.26. The second-order valence-electron chi connectivity index (χ2n) is 6.42. The van der Waals surface area contributed by atoms with Crippen LogP contribution in [-0.2, 0) is 4.79 Å². The first-order chi connectivity index (χ1) is 10.7. The molecule has 1 atom stereocenters. The molecule has 1 N–H and O–H groups in total. The number of carbonyl (C=O) groups is 1. The number of rotatable bonds is 4. The summed E-state index contributed by atoms with van der Waals surface area (Å²) in [7, 11) is 0. The molecule has 23 heavy (non-hydrogen) atoms. The minimum atomic E-state index is -0.280. The highest BCUT2D eigenvalue weighted by atomic mass is 35.5. The van der Waals surface area contributed by atoms with Gasteiger partial charge in [-0.05, 0) is 52.3 Å². The van der Waals surface area contributed by atoms with Gasteiger partial charge in [-0.25, -0.2) is 0 Å². The molecule has 0 aliphatic heterocycles. The number of carbonyl (C=O) groups excluding carboxylic acids is 1. The van der Waals surface area contributed by atoms with Crippen LogP contribution in [0.4, 0.5) is 0 Å². The monoisotopic (exact) mass is 352 g/mol. The predicted octanol–water partition coefficient (Wildman–Crippen LogP) is 3.62. The average Bonchev–Trinajstić information content (AvgIpc) is 2.88. The van der Waals surface area contributed by atoms with Gasteiger partial charge in [0.05, 0.1) is 10.9 Å². The van der Waals surface area contributed by atoms with Crippen LogP contribution in [0.3, 0.4) is 0 Å². The number of amides is 1. The molecule has 1 aromatic heterocycles. The summed E-state index contributed by atoms with van der Waals surface area (Å²) in [5.74, 6) is -0.0287. The fourth-order valence-electron chi connectivity index (χ4n) is 1.90. The lowest BCUT2D eigenvalue weighted by molar-refractivity contribution is -0.121. The van der Waals surface area contributed by atoms with Gasteiger partial charge < -0.3 is 5.32 Å². The Morgan fingerprint density at radius 2 is 2.09 bits per heavy atom. The zero-order valence-electron chi connectivity index (χ0n) is 13.9. The number of halogens is 1. The molecule has 1 heterocycles. The van der Waals surface area contributed by atoms with Crippen molar-refractivity contribution in [3.8, 4) is 5.69 Å². The van der Waals surface area contributed by atoms with Crippen molar-refractivity contribution in [1.29, 1.82) is 0 Å². The third-order valence-electron chi connectivity index (χ3n) is 3.10. The molecule has 1 unspecified atom stereocenters. The molecule has 1 amide bonds. The molecule has 0 bridgehead atoms. The molecule has 124 valence electrons. The fraction of sp³-hybridized carbons (Fsp3) is 0.438. The van der Waals surface area contributed by atoms with E-state index in [2.05, 4.69) is 15.5 Å². The predicted molar refractivity (Wildman–Crippen MR) is 94.3 cm³/mol. The van der Waals surface area contributed by atoms with Crippen LogP contribution in [0.25, 0.3) is 5.69 Å².